The number of carbonyl (C=O) groups is 2. The number of benzene rings is 3. The van der Waals surface area contributed by atoms with Crippen molar-refractivity contribution in [1.82, 2.24) is 10.2 Å². The Balaban J connectivity index is 2.03. The third-order valence-corrected chi connectivity index (χ3v) is 7.73. The minimum absolute atomic E-state index is 0.0857. The predicted molar refractivity (Wildman–Crippen MR) is 147 cm³/mol. The number of amides is 2. The molecule has 3 aromatic carbocycles. The van der Waals surface area contributed by atoms with Gasteiger partial charge in [0, 0.05) is 12.6 Å². The summed E-state index contributed by atoms with van der Waals surface area (Å²) in [6.07, 6.45) is 0.382. The smallest absolute Gasteiger partial charge is 0.264 e. The summed E-state index contributed by atoms with van der Waals surface area (Å²) in [5, 5.41) is 2.90. The van der Waals surface area contributed by atoms with Gasteiger partial charge in [0.1, 0.15) is 12.6 Å². The number of carbonyl (C=O) groups excluding carboxylic acids is 2. The molecule has 3 aromatic rings. The zero-order chi connectivity index (χ0) is 27.0. The van der Waals surface area contributed by atoms with E-state index in [9.17, 15) is 18.0 Å². The quantitative estimate of drug-likeness (QED) is 0.402. The molecule has 0 aromatic heterocycles. The monoisotopic (exact) mass is 521 g/mol. The van der Waals surface area contributed by atoms with Crippen LogP contribution in [-0.2, 0) is 26.2 Å². The number of nitrogens with zero attached hydrogens (tertiary/aromatic N) is 2. The van der Waals surface area contributed by atoms with E-state index in [0.29, 0.717) is 12.1 Å². The third kappa shape index (κ3) is 7.20. The van der Waals surface area contributed by atoms with Crippen LogP contribution in [0.15, 0.2) is 89.8 Å². The fourth-order valence-electron chi connectivity index (χ4n) is 4.04. The molecule has 0 aliphatic rings. The maximum absolute atomic E-state index is 13.9. The van der Waals surface area contributed by atoms with Crippen LogP contribution >= 0.6 is 0 Å². The first-order valence-electron chi connectivity index (χ1n) is 12.4. The van der Waals surface area contributed by atoms with Crippen LogP contribution in [-0.4, -0.2) is 43.8 Å². The van der Waals surface area contributed by atoms with Crippen molar-refractivity contribution < 1.29 is 18.0 Å². The molecular formula is C29H35N3O4S. The van der Waals surface area contributed by atoms with Crippen LogP contribution in [0.2, 0.25) is 0 Å². The Kier molecular flexibility index (Phi) is 9.47. The van der Waals surface area contributed by atoms with Gasteiger partial charge in [0.15, 0.2) is 0 Å². The van der Waals surface area contributed by atoms with Gasteiger partial charge in [-0.2, -0.15) is 0 Å². The normalized spacial score (nSPS) is 12.1. The highest BCUT2D eigenvalue weighted by Crippen LogP contribution is 2.25. The van der Waals surface area contributed by atoms with Crippen LogP contribution in [0.5, 0.6) is 0 Å². The minimum atomic E-state index is -4.05. The van der Waals surface area contributed by atoms with Gasteiger partial charge in [-0.15, -0.1) is 0 Å². The second-order valence-electron chi connectivity index (χ2n) is 9.25. The van der Waals surface area contributed by atoms with Crippen molar-refractivity contribution in [3.63, 3.8) is 0 Å². The molecule has 8 heteroatoms. The number of rotatable bonds is 11. The highest BCUT2D eigenvalue weighted by Gasteiger charge is 2.33. The van der Waals surface area contributed by atoms with Crippen molar-refractivity contribution in [2.45, 2.75) is 57.6 Å². The molecule has 1 atom stereocenters. The fourth-order valence-corrected chi connectivity index (χ4v) is 5.47. The summed E-state index contributed by atoms with van der Waals surface area (Å²) in [6.45, 7) is 7.20. The summed E-state index contributed by atoms with van der Waals surface area (Å²) < 4.78 is 28.6. The highest BCUT2D eigenvalue weighted by molar-refractivity contribution is 7.92. The molecule has 0 radical (unpaired) electrons. The Hall–Kier alpha value is -3.65. The molecule has 2 amide bonds. The van der Waals surface area contributed by atoms with E-state index >= 15 is 0 Å². The summed E-state index contributed by atoms with van der Waals surface area (Å²) in [7, 11) is -4.05. The van der Waals surface area contributed by atoms with E-state index in [-0.39, 0.29) is 23.4 Å². The van der Waals surface area contributed by atoms with Crippen LogP contribution in [0, 0.1) is 6.92 Å². The van der Waals surface area contributed by atoms with Crippen molar-refractivity contribution in [3.05, 3.63) is 96.1 Å². The SMILES string of the molecule is CC[C@H](C(=O)NC(C)C)N(Cc1ccccc1)C(=O)CN(c1ccc(C)cc1)S(=O)(=O)c1ccccc1. The lowest BCUT2D eigenvalue weighted by atomic mass is 10.1. The first-order chi connectivity index (χ1) is 17.6. The molecule has 0 unspecified atom stereocenters. The number of anilines is 1. The third-order valence-electron chi connectivity index (χ3n) is 5.94. The lowest BCUT2D eigenvalue weighted by molar-refractivity contribution is -0.140. The second-order valence-corrected chi connectivity index (χ2v) is 11.1. The maximum atomic E-state index is 13.9. The molecule has 3 rings (SSSR count). The largest absolute Gasteiger partial charge is 0.352 e. The van der Waals surface area contributed by atoms with Gasteiger partial charge >= 0.3 is 0 Å². The summed E-state index contributed by atoms with van der Waals surface area (Å²) in [6, 6.07) is 23.6. The van der Waals surface area contributed by atoms with Crippen molar-refractivity contribution in [3.8, 4) is 0 Å². The number of sulfonamides is 1. The molecular weight excluding hydrogens is 486 g/mol. The van der Waals surface area contributed by atoms with Crippen molar-refractivity contribution in [2.75, 3.05) is 10.8 Å². The Morgan fingerprint density at radius 2 is 1.43 bits per heavy atom. The summed E-state index contributed by atoms with van der Waals surface area (Å²) >= 11 is 0. The van der Waals surface area contributed by atoms with Gasteiger partial charge in [0.05, 0.1) is 10.6 Å². The zero-order valence-corrected chi connectivity index (χ0v) is 22.6. The van der Waals surface area contributed by atoms with E-state index in [1.165, 1.54) is 17.0 Å². The standard InChI is InChI=1S/C29H35N3O4S/c1-5-27(29(34)30-22(2)3)31(20-24-12-8-6-9-13-24)28(33)21-32(25-18-16-23(4)17-19-25)37(35,36)26-14-10-7-11-15-26/h6-19,22,27H,5,20-21H2,1-4H3,(H,30,34)/t27-/m1/s1. The molecule has 0 saturated heterocycles. The van der Waals surface area contributed by atoms with Crippen LogP contribution in [0.4, 0.5) is 5.69 Å². The molecule has 0 bridgehead atoms. The Morgan fingerprint density at radius 3 is 1.97 bits per heavy atom. The van der Waals surface area contributed by atoms with Gasteiger partial charge in [-0.1, -0.05) is 73.2 Å². The van der Waals surface area contributed by atoms with Crippen LogP contribution in [0.3, 0.4) is 0 Å². The molecule has 7 nitrogen and oxygen atoms in total. The molecule has 0 heterocycles. The van der Waals surface area contributed by atoms with E-state index < -0.39 is 28.5 Å². The number of aryl methyl sites for hydroxylation is 1. The Bertz CT molecular complexity index is 1280. The first kappa shape index (κ1) is 27.9. The van der Waals surface area contributed by atoms with Crippen LogP contribution in [0.1, 0.15) is 38.3 Å². The van der Waals surface area contributed by atoms with Gasteiger partial charge < -0.3 is 10.2 Å². The molecule has 0 spiro atoms. The Morgan fingerprint density at radius 1 is 0.865 bits per heavy atom. The van der Waals surface area contributed by atoms with E-state index in [4.69, 9.17) is 0 Å². The van der Waals surface area contributed by atoms with E-state index in [0.717, 1.165) is 15.4 Å². The fraction of sp³-hybridized carbons (Fsp3) is 0.310. The van der Waals surface area contributed by atoms with Crippen molar-refractivity contribution in [2.24, 2.45) is 0 Å². The topological polar surface area (TPSA) is 86.8 Å². The minimum Gasteiger partial charge on any atom is -0.352 e. The van der Waals surface area contributed by atoms with Crippen LogP contribution < -0.4 is 9.62 Å². The van der Waals surface area contributed by atoms with Gasteiger partial charge in [-0.25, -0.2) is 8.42 Å². The van der Waals surface area contributed by atoms with Crippen LogP contribution in [0.25, 0.3) is 0 Å². The summed E-state index contributed by atoms with van der Waals surface area (Å²) in [5.74, 6) is -0.732. The molecule has 37 heavy (non-hydrogen) atoms. The highest BCUT2D eigenvalue weighted by atomic mass is 32.2. The van der Waals surface area contributed by atoms with Gasteiger partial charge in [0.25, 0.3) is 10.0 Å². The molecule has 0 aliphatic heterocycles. The second kappa shape index (κ2) is 12.5. The molecule has 0 fully saturated rings. The number of hydrogen-bond acceptors (Lipinski definition) is 4. The predicted octanol–water partition coefficient (Wildman–Crippen LogP) is 4.52. The number of nitrogens with one attached hydrogen (secondary N) is 1. The van der Waals surface area contributed by atoms with Gasteiger partial charge in [-0.05, 0) is 57.0 Å². The van der Waals surface area contributed by atoms with E-state index in [1.807, 2.05) is 58.0 Å². The summed E-state index contributed by atoms with van der Waals surface area (Å²) in [4.78, 5) is 28.6. The Labute approximate surface area is 220 Å². The molecule has 0 aliphatic carbocycles. The first-order valence-corrected chi connectivity index (χ1v) is 13.9. The lowest BCUT2D eigenvalue weighted by Crippen LogP contribution is -2.53. The van der Waals surface area contributed by atoms with Crippen molar-refractivity contribution >= 4 is 27.5 Å². The van der Waals surface area contributed by atoms with Gasteiger partial charge in [0.2, 0.25) is 11.8 Å². The summed E-state index contributed by atoms with van der Waals surface area (Å²) in [5.41, 5.74) is 2.19. The van der Waals surface area contributed by atoms with E-state index in [1.54, 1.807) is 42.5 Å². The molecule has 196 valence electrons. The van der Waals surface area contributed by atoms with Gasteiger partial charge in [-0.3, -0.25) is 13.9 Å². The van der Waals surface area contributed by atoms with Crippen molar-refractivity contribution in [1.29, 1.82) is 0 Å². The molecule has 0 saturated carbocycles. The molecule has 1 N–H and O–H groups in total. The maximum Gasteiger partial charge on any atom is 0.264 e. The zero-order valence-electron chi connectivity index (χ0n) is 21.8. The average molecular weight is 522 g/mol. The lowest BCUT2D eigenvalue weighted by Gasteiger charge is -2.33. The van der Waals surface area contributed by atoms with E-state index in [2.05, 4.69) is 5.32 Å². The number of hydrogen-bond donors (Lipinski definition) is 1. The average Bonchev–Trinajstić information content (AvgIpc) is 2.88.